The molecule has 2 fully saturated rings. The first-order chi connectivity index (χ1) is 16.3. The number of methoxy groups -OCH3 is 1. The summed E-state index contributed by atoms with van der Waals surface area (Å²) in [5.74, 6) is 1.27. The zero-order valence-corrected chi connectivity index (χ0v) is 21.7. The van der Waals surface area contributed by atoms with Crippen molar-refractivity contribution in [1.82, 2.24) is 0 Å². The van der Waals surface area contributed by atoms with Gasteiger partial charge in [-0.2, -0.15) is 0 Å². The first-order valence-electron chi connectivity index (χ1n) is 12.3. The van der Waals surface area contributed by atoms with Crippen LogP contribution in [0.25, 0.3) is 0 Å². The highest BCUT2D eigenvalue weighted by molar-refractivity contribution is 6.91. The van der Waals surface area contributed by atoms with E-state index in [-0.39, 0.29) is 24.9 Å². The third kappa shape index (κ3) is 5.02. The van der Waals surface area contributed by atoms with Crippen LogP contribution in [0.1, 0.15) is 25.3 Å². The van der Waals surface area contributed by atoms with Crippen LogP contribution in [0.2, 0.25) is 18.6 Å². The molecule has 2 aromatic carbocycles. The lowest BCUT2D eigenvalue weighted by atomic mass is 9.95. The number of hydrogen-bond acceptors (Lipinski definition) is 5. The molecule has 0 aromatic heterocycles. The second kappa shape index (κ2) is 10.5. The monoisotopic (exact) mass is 483 g/mol. The summed E-state index contributed by atoms with van der Waals surface area (Å²) in [5, 5.41) is 11.2. The summed E-state index contributed by atoms with van der Waals surface area (Å²) in [7, 11) is -0.186. The van der Waals surface area contributed by atoms with E-state index in [0.717, 1.165) is 24.3 Å². The standard InChI is InChI=1S/C27H37NO5Si/c1-19-24(13-8-20-6-5-7-21(18-20)28-15-17-32-27(28)30)33-25(14-16-29)26(19)34(3,4)23-11-9-22(31-2)10-12-23/h5-7,9-12,18-19,24-26,29H,8,13-17H2,1-4H3/t19-,24+,25-,26+/m1/s1. The fourth-order valence-electron chi connectivity index (χ4n) is 5.86. The summed E-state index contributed by atoms with van der Waals surface area (Å²) in [6.45, 7) is 8.34. The van der Waals surface area contributed by atoms with Crippen molar-refractivity contribution in [3.05, 3.63) is 54.1 Å². The van der Waals surface area contributed by atoms with E-state index < -0.39 is 8.07 Å². The van der Waals surface area contributed by atoms with E-state index in [1.165, 1.54) is 10.8 Å². The van der Waals surface area contributed by atoms with Gasteiger partial charge in [0.1, 0.15) is 12.4 Å². The van der Waals surface area contributed by atoms with Crippen molar-refractivity contribution in [1.29, 1.82) is 0 Å². The molecule has 0 unspecified atom stereocenters. The Balaban J connectivity index is 1.48. The molecule has 2 saturated heterocycles. The van der Waals surface area contributed by atoms with E-state index in [4.69, 9.17) is 14.2 Å². The maximum atomic E-state index is 11.9. The second-order valence-electron chi connectivity index (χ2n) is 10.0. The van der Waals surface area contributed by atoms with Crippen LogP contribution in [-0.2, 0) is 15.9 Å². The Morgan fingerprint density at radius 1 is 1.12 bits per heavy atom. The highest BCUT2D eigenvalue weighted by Crippen LogP contribution is 2.46. The van der Waals surface area contributed by atoms with Crippen molar-refractivity contribution in [2.24, 2.45) is 5.92 Å². The molecule has 34 heavy (non-hydrogen) atoms. The van der Waals surface area contributed by atoms with Gasteiger partial charge in [0.05, 0.1) is 33.9 Å². The highest BCUT2D eigenvalue weighted by atomic mass is 28.3. The molecule has 0 saturated carbocycles. The fourth-order valence-corrected chi connectivity index (χ4v) is 9.97. The SMILES string of the molecule is COc1ccc([Si](C)(C)[C@H]2[C@H](C)[C@H](CCc3cccc(N4CCOC4=O)c3)O[C@@H]2CCO)cc1. The number of rotatable bonds is 9. The van der Waals surface area contributed by atoms with Crippen LogP contribution in [-0.4, -0.2) is 58.3 Å². The van der Waals surface area contributed by atoms with Crippen molar-refractivity contribution >= 4 is 25.0 Å². The van der Waals surface area contributed by atoms with Gasteiger partial charge in [-0.25, -0.2) is 4.79 Å². The van der Waals surface area contributed by atoms with Gasteiger partial charge in [-0.15, -0.1) is 0 Å². The molecule has 2 heterocycles. The average Bonchev–Trinajstić information content (AvgIpc) is 3.41. The smallest absolute Gasteiger partial charge is 0.414 e. The number of carbonyl (C=O) groups is 1. The maximum absolute atomic E-state index is 11.9. The molecule has 0 radical (unpaired) electrons. The van der Waals surface area contributed by atoms with E-state index in [1.54, 1.807) is 12.0 Å². The Morgan fingerprint density at radius 3 is 2.53 bits per heavy atom. The Hall–Kier alpha value is -2.35. The lowest BCUT2D eigenvalue weighted by Gasteiger charge is -2.36. The predicted molar refractivity (Wildman–Crippen MR) is 137 cm³/mol. The quantitative estimate of drug-likeness (QED) is 0.537. The molecule has 0 aliphatic carbocycles. The van der Waals surface area contributed by atoms with Crippen LogP contribution in [0, 0.1) is 5.92 Å². The largest absolute Gasteiger partial charge is 0.497 e. The number of amides is 1. The molecule has 7 heteroatoms. The number of cyclic esters (lactones) is 1. The van der Waals surface area contributed by atoms with Gasteiger partial charge in [-0.05, 0) is 60.6 Å². The Labute approximate surface area is 203 Å². The highest BCUT2D eigenvalue weighted by Gasteiger charge is 2.50. The number of anilines is 1. The van der Waals surface area contributed by atoms with Crippen LogP contribution in [0.3, 0.4) is 0 Å². The minimum atomic E-state index is -1.88. The zero-order chi connectivity index (χ0) is 24.3. The van der Waals surface area contributed by atoms with E-state index >= 15 is 0 Å². The molecule has 2 aliphatic rings. The molecular weight excluding hydrogens is 446 g/mol. The van der Waals surface area contributed by atoms with E-state index in [1.807, 2.05) is 24.3 Å². The van der Waals surface area contributed by atoms with Gasteiger partial charge in [0.2, 0.25) is 0 Å². The lowest BCUT2D eigenvalue weighted by molar-refractivity contribution is 0.0196. The lowest BCUT2D eigenvalue weighted by Crippen LogP contribution is -2.50. The van der Waals surface area contributed by atoms with Crippen molar-refractivity contribution in [3.63, 3.8) is 0 Å². The van der Waals surface area contributed by atoms with Gasteiger partial charge < -0.3 is 19.3 Å². The zero-order valence-electron chi connectivity index (χ0n) is 20.7. The number of ether oxygens (including phenoxy) is 3. The van der Waals surface area contributed by atoms with Gasteiger partial charge in [0.15, 0.2) is 0 Å². The van der Waals surface area contributed by atoms with Gasteiger partial charge in [-0.1, -0.05) is 49.5 Å². The summed E-state index contributed by atoms with van der Waals surface area (Å²) < 4.78 is 17.1. The van der Waals surface area contributed by atoms with Gasteiger partial charge in [0.25, 0.3) is 0 Å². The Morgan fingerprint density at radius 2 is 1.88 bits per heavy atom. The van der Waals surface area contributed by atoms with Crippen LogP contribution < -0.4 is 14.8 Å². The number of aliphatic hydroxyl groups excluding tert-OH is 1. The predicted octanol–water partition coefficient (Wildman–Crippen LogP) is 4.36. The van der Waals surface area contributed by atoms with Crippen LogP contribution in [0.15, 0.2) is 48.5 Å². The molecular formula is C27H37NO5Si. The number of carbonyl (C=O) groups excluding carboxylic acids is 1. The van der Waals surface area contributed by atoms with E-state index in [0.29, 0.717) is 31.0 Å². The molecule has 2 aliphatic heterocycles. The number of aryl methyl sites for hydroxylation is 1. The first kappa shape index (κ1) is 24.8. The van der Waals surface area contributed by atoms with Crippen molar-refractivity contribution in [3.8, 4) is 5.75 Å². The number of nitrogens with zero attached hydrogens (tertiary/aromatic N) is 1. The molecule has 0 spiro atoms. The average molecular weight is 484 g/mol. The van der Waals surface area contributed by atoms with Crippen molar-refractivity contribution in [2.45, 2.75) is 57.0 Å². The summed E-state index contributed by atoms with van der Waals surface area (Å²) >= 11 is 0. The van der Waals surface area contributed by atoms with Gasteiger partial charge in [-0.3, -0.25) is 4.90 Å². The van der Waals surface area contributed by atoms with Crippen LogP contribution in [0.4, 0.5) is 10.5 Å². The van der Waals surface area contributed by atoms with Crippen molar-refractivity contribution in [2.75, 3.05) is 31.8 Å². The van der Waals surface area contributed by atoms with Gasteiger partial charge >= 0.3 is 6.09 Å². The summed E-state index contributed by atoms with van der Waals surface area (Å²) in [5.41, 5.74) is 2.51. The topological polar surface area (TPSA) is 68.2 Å². The molecule has 4 atom stereocenters. The molecule has 1 N–H and O–H groups in total. The molecule has 6 nitrogen and oxygen atoms in total. The molecule has 184 valence electrons. The third-order valence-electron chi connectivity index (χ3n) is 7.68. The van der Waals surface area contributed by atoms with E-state index in [2.05, 4.69) is 44.3 Å². The van der Waals surface area contributed by atoms with Gasteiger partial charge in [0, 0.05) is 12.3 Å². The molecule has 4 rings (SSSR count). The Bertz CT molecular complexity index is 979. The summed E-state index contributed by atoms with van der Waals surface area (Å²) in [6.07, 6.45) is 2.41. The van der Waals surface area contributed by atoms with E-state index in [9.17, 15) is 9.90 Å². The number of benzene rings is 2. The third-order valence-corrected chi connectivity index (χ3v) is 12.1. The Kier molecular flexibility index (Phi) is 7.65. The first-order valence-corrected chi connectivity index (χ1v) is 15.4. The fraction of sp³-hybridized carbons (Fsp3) is 0.519. The summed E-state index contributed by atoms with van der Waals surface area (Å²) in [4.78, 5) is 13.6. The minimum absolute atomic E-state index is 0.0690. The number of aliphatic hydroxyl groups is 1. The van der Waals surface area contributed by atoms with Crippen LogP contribution >= 0.6 is 0 Å². The second-order valence-corrected chi connectivity index (χ2v) is 14.7. The maximum Gasteiger partial charge on any atom is 0.414 e. The van der Waals surface area contributed by atoms with Crippen molar-refractivity contribution < 1.29 is 24.1 Å². The molecule has 0 bridgehead atoms. The summed E-state index contributed by atoms with van der Waals surface area (Å²) in [6, 6.07) is 16.7. The normalized spacial score (nSPS) is 25.0. The molecule has 1 amide bonds. The number of hydrogen-bond donors (Lipinski definition) is 1. The minimum Gasteiger partial charge on any atom is -0.497 e. The van der Waals surface area contributed by atoms with Crippen LogP contribution in [0.5, 0.6) is 5.75 Å². The molecule has 2 aromatic rings.